The van der Waals surface area contributed by atoms with Gasteiger partial charge in [0.05, 0.1) is 12.2 Å². The molecule has 0 amide bonds. The molecule has 0 radical (unpaired) electrons. The number of anilines is 1. The molecule has 0 aliphatic heterocycles. The van der Waals surface area contributed by atoms with Crippen molar-refractivity contribution in [2.45, 2.75) is 0 Å². The van der Waals surface area contributed by atoms with Gasteiger partial charge in [-0.2, -0.15) is 0 Å². The smallest absolute Gasteiger partial charge is 0.181 e. The summed E-state index contributed by atoms with van der Waals surface area (Å²) in [6, 6.07) is 3.89. The lowest BCUT2D eigenvalue weighted by Crippen LogP contribution is -2.01. The SMILES string of the molecule is C#CCNc1cccc(F)c1F. The molecule has 62 valence electrons. The van der Waals surface area contributed by atoms with Crippen LogP contribution in [0.2, 0.25) is 0 Å². The van der Waals surface area contributed by atoms with Crippen molar-refractivity contribution >= 4 is 5.69 Å². The van der Waals surface area contributed by atoms with E-state index >= 15 is 0 Å². The monoisotopic (exact) mass is 167 g/mol. The van der Waals surface area contributed by atoms with Crippen molar-refractivity contribution in [3.63, 3.8) is 0 Å². The molecule has 0 spiro atoms. The standard InChI is InChI=1S/C9H7F2N/c1-2-6-12-8-5-3-4-7(10)9(8)11/h1,3-5,12H,6H2. The average molecular weight is 167 g/mol. The second-order valence-corrected chi connectivity index (χ2v) is 2.16. The van der Waals surface area contributed by atoms with Gasteiger partial charge in [-0.3, -0.25) is 0 Å². The predicted molar refractivity (Wildman–Crippen MR) is 43.7 cm³/mol. The van der Waals surface area contributed by atoms with Crippen molar-refractivity contribution in [2.24, 2.45) is 0 Å². The highest BCUT2D eigenvalue weighted by atomic mass is 19.2. The Morgan fingerprint density at radius 3 is 2.83 bits per heavy atom. The van der Waals surface area contributed by atoms with Gasteiger partial charge in [0.25, 0.3) is 0 Å². The molecule has 0 fully saturated rings. The fourth-order valence-corrected chi connectivity index (χ4v) is 0.787. The topological polar surface area (TPSA) is 12.0 Å². The first kappa shape index (κ1) is 8.54. The molecule has 1 N–H and O–H groups in total. The van der Waals surface area contributed by atoms with E-state index < -0.39 is 11.6 Å². The highest BCUT2D eigenvalue weighted by Crippen LogP contribution is 2.15. The number of rotatable bonds is 2. The molecule has 12 heavy (non-hydrogen) atoms. The number of hydrogen-bond acceptors (Lipinski definition) is 1. The van der Waals surface area contributed by atoms with Gasteiger partial charge < -0.3 is 5.32 Å². The molecule has 0 saturated carbocycles. The summed E-state index contributed by atoms with van der Waals surface area (Å²) in [5, 5.41) is 2.55. The zero-order valence-corrected chi connectivity index (χ0v) is 6.27. The fourth-order valence-electron chi connectivity index (χ4n) is 0.787. The second-order valence-electron chi connectivity index (χ2n) is 2.16. The van der Waals surface area contributed by atoms with Gasteiger partial charge in [-0.25, -0.2) is 8.78 Å². The molecule has 1 rings (SSSR count). The average Bonchev–Trinajstić information content (AvgIpc) is 2.08. The summed E-state index contributed by atoms with van der Waals surface area (Å²) >= 11 is 0. The van der Waals surface area contributed by atoms with E-state index in [-0.39, 0.29) is 12.2 Å². The van der Waals surface area contributed by atoms with Gasteiger partial charge in [0.15, 0.2) is 11.6 Å². The molecule has 1 aromatic carbocycles. The predicted octanol–water partition coefficient (Wildman–Crippen LogP) is 2.01. The molecule has 0 unspecified atom stereocenters. The number of halogens is 2. The Kier molecular flexibility index (Phi) is 2.65. The molecule has 0 aromatic heterocycles. The van der Waals surface area contributed by atoms with Crippen LogP contribution in [0.25, 0.3) is 0 Å². The Balaban J connectivity index is 2.86. The first-order valence-electron chi connectivity index (χ1n) is 3.37. The third-order valence-electron chi connectivity index (χ3n) is 1.33. The van der Waals surface area contributed by atoms with Gasteiger partial charge >= 0.3 is 0 Å². The summed E-state index contributed by atoms with van der Waals surface area (Å²) in [5.41, 5.74) is 0.0907. The Morgan fingerprint density at radius 2 is 2.17 bits per heavy atom. The van der Waals surface area contributed by atoms with Gasteiger partial charge in [-0.1, -0.05) is 12.0 Å². The first-order chi connectivity index (χ1) is 5.75. The maximum atomic E-state index is 12.8. The van der Waals surface area contributed by atoms with Crippen LogP contribution in [-0.2, 0) is 0 Å². The lowest BCUT2D eigenvalue weighted by molar-refractivity contribution is 0.511. The molecule has 0 atom stereocenters. The van der Waals surface area contributed by atoms with E-state index in [0.29, 0.717) is 0 Å². The summed E-state index contributed by atoms with van der Waals surface area (Å²) in [4.78, 5) is 0. The first-order valence-corrected chi connectivity index (χ1v) is 3.37. The van der Waals surface area contributed by atoms with Crippen molar-refractivity contribution in [3.05, 3.63) is 29.8 Å². The van der Waals surface area contributed by atoms with Crippen LogP contribution in [0.3, 0.4) is 0 Å². The maximum Gasteiger partial charge on any atom is 0.181 e. The van der Waals surface area contributed by atoms with Crippen LogP contribution in [0, 0.1) is 24.0 Å². The van der Waals surface area contributed by atoms with Crippen LogP contribution >= 0.6 is 0 Å². The van der Waals surface area contributed by atoms with E-state index in [2.05, 4.69) is 11.2 Å². The van der Waals surface area contributed by atoms with Crippen molar-refractivity contribution < 1.29 is 8.78 Å². The van der Waals surface area contributed by atoms with Gasteiger partial charge in [-0.05, 0) is 12.1 Å². The van der Waals surface area contributed by atoms with Gasteiger partial charge in [0.1, 0.15) is 0 Å². The van der Waals surface area contributed by atoms with E-state index in [1.54, 1.807) is 0 Å². The third-order valence-corrected chi connectivity index (χ3v) is 1.33. The quantitative estimate of drug-likeness (QED) is 0.664. The molecule has 0 heterocycles. The minimum atomic E-state index is -0.896. The number of benzene rings is 1. The lowest BCUT2D eigenvalue weighted by atomic mass is 10.3. The summed E-state index contributed by atoms with van der Waals surface area (Å²) in [7, 11) is 0. The largest absolute Gasteiger partial charge is 0.372 e. The van der Waals surface area contributed by atoms with Crippen molar-refractivity contribution in [1.82, 2.24) is 0 Å². The Hall–Kier alpha value is -1.56. The fraction of sp³-hybridized carbons (Fsp3) is 0.111. The molecule has 0 aliphatic rings. The van der Waals surface area contributed by atoms with Crippen LogP contribution < -0.4 is 5.32 Å². The molecule has 3 heteroatoms. The minimum Gasteiger partial charge on any atom is -0.372 e. The Bertz CT molecular complexity index is 315. The van der Waals surface area contributed by atoms with Crippen LogP contribution in [0.15, 0.2) is 18.2 Å². The second kappa shape index (κ2) is 3.72. The van der Waals surface area contributed by atoms with Crippen molar-refractivity contribution in [2.75, 3.05) is 11.9 Å². The van der Waals surface area contributed by atoms with E-state index in [9.17, 15) is 8.78 Å². The van der Waals surface area contributed by atoms with E-state index in [1.807, 2.05) is 0 Å². The maximum absolute atomic E-state index is 12.8. The Morgan fingerprint density at radius 1 is 1.42 bits per heavy atom. The highest BCUT2D eigenvalue weighted by Gasteiger charge is 2.05. The van der Waals surface area contributed by atoms with E-state index in [0.717, 1.165) is 6.07 Å². The summed E-state index contributed by atoms with van der Waals surface area (Å²) < 4.78 is 25.4. The van der Waals surface area contributed by atoms with Crippen molar-refractivity contribution in [3.8, 4) is 12.3 Å². The Labute approximate surface area is 69.4 Å². The molecule has 0 saturated heterocycles. The zero-order valence-electron chi connectivity index (χ0n) is 6.27. The molecule has 0 aliphatic carbocycles. The molecular formula is C9H7F2N. The van der Waals surface area contributed by atoms with Crippen molar-refractivity contribution in [1.29, 1.82) is 0 Å². The summed E-state index contributed by atoms with van der Waals surface area (Å²) in [6.07, 6.45) is 4.94. The van der Waals surface area contributed by atoms with Crippen LogP contribution in [-0.4, -0.2) is 6.54 Å². The third kappa shape index (κ3) is 1.73. The zero-order chi connectivity index (χ0) is 8.97. The molecule has 1 nitrogen and oxygen atoms in total. The van der Waals surface area contributed by atoms with E-state index in [1.165, 1.54) is 12.1 Å². The van der Waals surface area contributed by atoms with Crippen LogP contribution in [0.4, 0.5) is 14.5 Å². The lowest BCUT2D eigenvalue weighted by Gasteiger charge is -2.03. The van der Waals surface area contributed by atoms with Crippen LogP contribution in [0.5, 0.6) is 0 Å². The molecular weight excluding hydrogens is 160 g/mol. The van der Waals surface area contributed by atoms with Gasteiger partial charge in [-0.15, -0.1) is 6.42 Å². The van der Waals surface area contributed by atoms with Gasteiger partial charge in [0, 0.05) is 0 Å². The van der Waals surface area contributed by atoms with Gasteiger partial charge in [0.2, 0.25) is 0 Å². The summed E-state index contributed by atoms with van der Waals surface area (Å²) in [5.74, 6) is 0.489. The normalized spacial score (nSPS) is 9.08. The number of nitrogens with one attached hydrogen (secondary N) is 1. The van der Waals surface area contributed by atoms with Crippen LogP contribution in [0.1, 0.15) is 0 Å². The minimum absolute atomic E-state index is 0.0907. The van der Waals surface area contributed by atoms with E-state index in [4.69, 9.17) is 6.42 Å². The molecule has 0 bridgehead atoms. The summed E-state index contributed by atoms with van der Waals surface area (Å²) in [6.45, 7) is 0.181. The highest BCUT2D eigenvalue weighted by molar-refractivity contribution is 5.45. The molecule has 1 aromatic rings. The number of hydrogen-bond donors (Lipinski definition) is 1. The number of terminal acetylenes is 1.